The molecule has 15 heavy (non-hydrogen) atoms. The first kappa shape index (κ1) is 12.0. The van der Waals surface area contributed by atoms with Gasteiger partial charge in [0.15, 0.2) is 0 Å². The van der Waals surface area contributed by atoms with Gasteiger partial charge in [-0.3, -0.25) is 4.79 Å². The summed E-state index contributed by atoms with van der Waals surface area (Å²) in [7, 11) is 0. The fourth-order valence-electron chi connectivity index (χ4n) is 0.924. The second-order valence-electron chi connectivity index (χ2n) is 4.12. The van der Waals surface area contributed by atoms with Gasteiger partial charge in [-0.15, -0.1) is 11.6 Å². The standard InChI is InChI=1S/C10H15ClN2O2/c1-6-5-8(15-13-6)9(14)12-10(3,4)7(2)11/h5,7H,1-4H3,(H,12,14). The Hall–Kier alpha value is -1.03. The molecule has 1 rings (SSSR count). The topological polar surface area (TPSA) is 55.1 Å². The van der Waals surface area contributed by atoms with Gasteiger partial charge in [0.25, 0.3) is 5.91 Å². The highest BCUT2D eigenvalue weighted by atomic mass is 35.5. The number of aryl methyl sites for hydroxylation is 1. The van der Waals surface area contributed by atoms with Gasteiger partial charge in [0.1, 0.15) is 0 Å². The number of hydrogen-bond donors (Lipinski definition) is 1. The van der Waals surface area contributed by atoms with Crippen LogP contribution in [0.2, 0.25) is 0 Å². The molecule has 0 aliphatic rings. The van der Waals surface area contributed by atoms with Gasteiger partial charge >= 0.3 is 0 Å². The number of carbonyl (C=O) groups is 1. The molecule has 1 aromatic heterocycles. The van der Waals surface area contributed by atoms with Crippen LogP contribution < -0.4 is 5.32 Å². The summed E-state index contributed by atoms with van der Waals surface area (Å²) in [5.41, 5.74) is 0.191. The summed E-state index contributed by atoms with van der Waals surface area (Å²) in [5, 5.41) is 6.25. The van der Waals surface area contributed by atoms with Gasteiger partial charge in [-0.25, -0.2) is 0 Å². The lowest BCUT2D eigenvalue weighted by Crippen LogP contribution is -2.48. The molecule has 0 aromatic carbocycles. The van der Waals surface area contributed by atoms with Gasteiger partial charge in [0.2, 0.25) is 5.76 Å². The Kier molecular flexibility index (Phi) is 3.39. The summed E-state index contributed by atoms with van der Waals surface area (Å²) in [5.74, 6) is -0.0917. The summed E-state index contributed by atoms with van der Waals surface area (Å²) in [6.07, 6.45) is 0. The molecular formula is C10H15ClN2O2. The van der Waals surface area contributed by atoms with Crippen molar-refractivity contribution in [1.82, 2.24) is 10.5 Å². The molecule has 0 aliphatic heterocycles. The summed E-state index contributed by atoms with van der Waals surface area (Å²) in [6, 6.07) is 1.59. The van der Waals surface area contributed by atoms with Crippen molar-refractivity contribution in [3.63, 3.8) is 0 Å². The average molecular weight is 231 g/mol. The highest BCUT2D eigenvalue weighted by Crippen LogP contribution is 2.15. The summed E-state index contributed by atoms with van der Waals surface area (Å²) >= 11 is 5.95. The van der Waals surface area contributed by atoms with Crippen molar-refractivity contribution in [2.75, 3.05) is 0 Å². The molecule has 84 valence electrons. The Bertz CT molecular complexity index is 358. The normalized spacial score (nSPS) is 13.7. The highest BCUT2D eigenvalue weighted by molar-refractivity contribution is 6.21. The first-order valence-electron chi connectivity index (χ1n) is 4.73. The monoisotopic (exact) mass is 230 g/mol. The lowest BCUT2D eigenvalue weighted by atomic mass is 10.0. The van der Waals surface area contributed by atoms with Crippen LogP contribution in [0.5, 0.6) is 0 Å². The summed E-state index contributed by atoms with van der Waals surface area (Å²) in [4.78, 5) is 11.7. The van der Waals surface area contributed by atoms with Crippen LogP contribution in [0, 0.1) is 6.92 Å². The third kappa shape index (κ3) is 2.96. The zero-order valence-electron chi connectivity index (χ0n) is 9.30. The molecule has 0 aliphatic carbocycles. The smallest absolute Gasteiger partial charge is 0.290 e. The van der Waals surface area contributed by atoms with E-state index in [0.29, 0.717) is 5.69 Å². The maximum atomic E-state index is 11.7. The molecule has 0 bridgehead atoms. The van der Waals surface area contributed by atoms with E-state index < -0.39 is 5.54 Å². The van der Waals surface area contributed by atoms with Crippen LogP contribution in [0.1, 0.15) is 37.0 Å². The van der Waals surface area contributed by atoms with Crippen molar-refractivity contribution in [2.45, 2.75) is 38.6 Å². The maximum Gasteiger partial charge on any atom is 0.290 e. The number of nitrogens with one attached hydrogen (secondary N) is 1. The second kappa shape index (κ2) is 4.23. The van der Waals surface area contributed by atoms with Crippen molar-refractivity contribution in [3.8, 4) is 0 Å². The van der Waals surface area contributed by atoms with E-state index in [2.05, 4.69) is 10.5 Å². The van der Waals surface area contributed by atoms with Crippen molar-refractivity contribution >= 4 is 17.5 Å². The second-order valence-corrected chi connectivity index (χ2v) is 4.78. The van der Waals surface area contributed by atoms with Crippen LogP contribution >= 0.6 is 11.6 Å². The van der Waals surface area contributed by atoms with E-state index in [1.54, 1.807) is 13.0 Å². The van der Waals surface area contributed by atoms with E-state index in [0.717, 1.165) is 0 Å². The number of nitrogens with zero attached hydrogens (tertiary/aromatic N) is 1. The van der Waals surface area contributed by atoms with Crippen LogP contribution in [0.25, 0.3) is 0 Å². The highest BCUT2D eigenvalue weighted by Gasteiger charge is 2.27. The number of alkyl halides is 1. The van der Waals surface area contributed by atoms with Crippen molar-refractivity contribution in [1.29, 1.82) is 0 Å². The maximum absolute atomic E-state index is 11.7. The minimum absolute atomic E-state index is 0.175. The van der Waals surface area contributed by atoms with Crippen molar-refractivity contribution < 1.29 is 9.32 Å². The van der Waals surface area contributed by atoms with Gasteiger partial charge < -0.3 is 9.84 Å². The number of carbonyl (C=O) groups excluding carboxylic acids is 1. The molecule has 0 fully saturated rings. The number of aromatic nitrogens is 1. The minimum atomic E-state index is -0.487. The van der Waals surface area contributed by atoms with Crippen LogP contribution in [0.3, 0.4) is 0 Å². The predicted octanol–water partition coefficient (Wildman–Crippen LogP) is 2.12. The van der Waals surface area contributed by atoms with E-state index in [1.165, 1.54) is 0 Å². The Balaban J connectivity index is 2.72. The van der Waals surface area contributed by atoms with Gasteiger partial charge in [0.05, 0.1) is 16.6 Å². The van der Waals surface area contributed by atoms with E-state index in [4.69, 9.17) is 16.1 Å². The average Bonchev–Trinajstić information content (AvgIpc) is 2.50. The number of amides is 1. The quantitative estimate of drug-likeness (QED) is 0.810. The summed E-state index contributed by atoms with van der Waals surface area (Å²) < 4.78 is 4.85. The molecule has 0 spiro atoms. The van der Waals surface area contributed by atoms with Crippen LogP contribution in [-0.2, 0) is 0 Å². The minimum Gasteiger partial charge on any atom is -0.351 e. The SMILES string of the molecule is Cc1cc(C(=O)NC(C)(C)C(C)Cl)on1. The van der Waals surface area contributed by atoms with Crippen LogP contribution in [0.15, 0.2) is 10.6 Å². The zero-order valence-corrected chi connectivity index (χ0v) is 10.1. The van der Waals surface area contributed by atoms with Crippen LogP contribution in [-0.4, -0.2) is 22.0 Å². The molecule has 0 saturated heterocycles. The lowest BCUT2D eigenvalue weighted by Gasteiger charge is -2.28. The Morgan fingerprint density at radius 3 is 2.67 bits per heavy atom. The van der Waals surface area contributed by atoms with Crippen molar-refractivity contribution in [3.05, 3.63) is 17.5 Å². The molecule has 1 aromatic rings. The van der Waals surface area contributed by atoms with E-state index in [9.17, 15) is 4.79 Å². The first-order valence-corrected chi connectivity index (χ1v) is 5.16. The van der Waals surface area contributed by atoms with Crippen LogP contribution in [0.4, 0.5) is 0 Å². The van der Waals surface area contributed by atoms with Gasteiger partial charge in [-0.1, -0.05) is 5.16 Å². The largest absolute Gasteiger partial charge is 0.351 e. The molecule has 1 amide bonds. The summed E-state index contributed by atoms with van der Waals surface area (Å²) in [6.45, 7) is 7.29. The predicted molar refractivity (Wildman–Crippen MR) is 58.1 cm³/mol. The molecule has 0 radical (unpaired) electrons. The molecule has 4 nitrogen and oxygen atoms in total. The van der Waals surface area contributed by atoms with E-state index in [1.807, 2.05) is 20.8 Å². The molecule has 1 unspecified atom stereocenters. The molecule has 5 heteroatoms. The van der Waals surface area contributed by atoms with E-state index in [-0.39, 0.29) is 17.0 Å². The van der Waals surface area contributed by atoms with Crippen molar-refractivity contribution in [2.24, 2.45) is 0 Å². The number of halogens is 1. The number of rotatable bonds is 3. The molecule has 1 heterocycles. The molecular weight excluding hydrogens is 216 g/mol. The van der Waals surface area contributed by atoms with Gasteiger partial charge in [-0.2, -0.15) is 0 Å². The fraction of sp³-hybridized carbons (Fsp3) is 0.600. The zero-order chi connectivity index (χ0) is 11.6. The van der Waals surface area contributed by atoms with Gasteiger partial charge in [-0.05, 0) is 27.7 Å². The third-order valence-corrected chi connectivity index (χ3v) is 2.83. The molecule has 0 saturated carbocycles. The fourth-order valence-corrected chi connectivity index (χ4v) is 0.979. The Morgan fingerprint density at radius 1 is 1.67 bits per heavy atom. The molecule has 1 N–H and O–H groups in total. The lowest BCUT2D eigenvalue weighted by molar-refractivity contribution is 0.0874. The Labute approximate surface area is 94.0 Å². The first-order chi connectivity index (χ1) is 6.83. The molecule has 1 atom stereocenters. The third-order valence-electron chi connectivity index (χ3n) is 2.28. The van der Waals surface area contributed by atoms with Gasteiger partial charge in [0, 0.05) is 6.07 Å². The Morgan fingerprint density at radius 2 is 2.27 bits per heavy atom. The number of hydrogen-bond acceptors (Lipinski definition) is 3. The van der Waals surface area contributed by atoms with E-state index >= 15 is 0 Å².